The van der Waals surface area contributed by atoms with Crippen molar-refractivity contribution in [3.8, 4) is 0 Å². The second kappa shape index (κ2) is 17.2. The lowest BCUT2D eigenvalue weighted by molar-refractivity contribution is -0.151. The van der Waals surface area contributed by atoms with Gasteiger partial charge in [0, 0.05) is 29.3 Å². The Balaban J connectivity index is 2.22. The Bertz CT molecular complexity index is 1210. The van der Waals surface area contributed by atoms with Crippen LogP contribution in [0.2, 0.25) is 0 Å². The monoisotopic (exact) mass is 608 g/mol. The molecule has 0 heterocycles. The summed E-state index contributed by atoms with van der Waals surface area (Å²) in [6.45, 7) is 15.3. The van der Waals surface area contributed by atoms with Gasteiger partial charge in [-0.05, 0) is 30.9 Å². The minimum absolute atomic E-state index is 0.0599. The first kappa shape index (κ1) is 36.8. The molecule has 0 aliphatic rings. The summed E-state index contributed by atoms with van der Waals surface area (Å²) in [5, 5.41) is 6.62. The van der Waals surface area contributed by atoms with Crippen LogP contribution >= 0.6 is 0 Å². The molecule has 0 radical (unpaired) electrons. The molecule has 2 aromatic rings. The van der Waals surface area contributed by atoms with E-state index >= 15 is 0 Å². The normalized spacial score (nSPS) is 15.1. The quantitative estimate of drug-likeness (QED) is 0.188. The molecule has 2 rings (SSSR count). The molecule has 0 aromatic heterocycles. The zero-order valence-electron chi connectivity index (χ0n) is 27.8. The van der Waals surface area contributed by atoms with Crippen LogP contribution < -0.4 is 10.6 Å². The van der Waals surface area contributed by atoms with Crippen LogP contribution in [-0.4, -0.2) is 47.2 Å². The number of ketones is 2. The Morgan fingerprint density at radius 2 is 1.27 bits per heavy atom. The standard InChI is InChI=1S/C36H52N2O6/c1-9-26(5)33(41)29(22-32(40)43-23-27-17-13-11-14-18-27)38-36(8,10-2)35(6,7)31(39)21-30(37-25(3)4)34(42)44-24-28-19-15-12-16-20-28/h11-20,25-26,29-30,37-38H,9-10,21-24H2,1-8H3. The van der Waals surface area contributed by atoms with E-state index in [1.54, 1.807) is 0 Å². The van der Waals surface area contributed by atoms with Gasteiger partial charge in [-0.2, -0.15) is 0 Å². The number of Topliss-reactive ketones (excluding diaryl/α,β-unsaturated/α-hetero) is 2. The summed E-state index contributed by atoms with van der Waals surface area (Å²) < 4.78 is 11.1. The highest BCUT2D eigenvalue weighted by molar-refractivity contribution is 5.92. The van der Waals surface area contributed by atoms with E-state index in [0.29, 0.717) is 12.8 Å². The maximum atomic E-state index is 14.0. The second-order valence-corrected chi connectivity index (χ2v) is 12.7. The Kier molecular flexibility index (Phi) is 14.4. The molecule has 0 spiro atoms. The minimum Gasteiger partial charge on any atom is -0.461 e. The van der Waals surface area contributed by atoms with E-state index in [0.717, 1.165) is 11.1 Å². The summed E-state index contributed by atoms with van der Waals surface area (Å²) in [5.74, 6) is -1.54. The number of carbonyl (C=O) groups is 4. The van der Waals surface area contributed by atoms with Crippen molar-refractivity contribution >= 4 is 23.5 Å². The summed E-state index contributed by atoms with van der Waals surface area (Å²) in [5.41, 5.74) is -0.178. The predicted octanol–water partition coefficient (Wildman–Crippen LogP) is 5.96. The van der Waals surface area contributed by atoms with Gasteiger partial charge in [0.2, 0.25) is 0 Å². The van der Waals surface area contributed by atoms with Gasteiger partial charge in [-0.1, -0.05) is 109 Å². The molecule has 4 atom stereocenters. The van der Waals surface area contributed by atoms with Crippen molar-refractivity contribution < 1.29 is 28.7 Å². The number of esters is 2. The van der Waals surface area contributed by atoms with E-state index in [2.05, 4.69) is 10.6 Å². The molecule has 0 amide bonds. The Morgan fingerprint density at radius 1 is 0.750 bits per heavy atom. The maximum absolute atomic E-state index is 14.0. The van der Waals surface area contributed by atoms with Crippen molar-refractivity contribution in [2.75, 3.05) is 0 Å². The predicted molar refractivity (Wildman–Crippen MR) is 173 cm³/mol. The molecule has 0 saturated heterocycles. The average Bonchev–Trinajstić information content (AvgIpc) is 3.01. The van der Waals surface area contributed by atoms with Crippen LogP contribution in [0.25, 0.3) is 0 Å². The number of nitrogens with one attached hydrogen (secondary N) is 2. The Hall–Kier alpha value is -3.36. The lowest BCUT2D eigenvalue weighted by atomic mass is 9.67. The number of rotatable bonds is 19. The zero-order valence-corrected chi connectivity index (χ0v) is 27.8. The van der Waals surface area contributed by atoms with Crippen LogP contribution in [0.5, 0.6) is 0 Å². The molecule has 0 saturated carbocycles. The van der Waals surface area contributed by atoms with Gasteiger partial charge in [0.25, 0.3) is 0 Å². The molecule has 4 unspecified atom stereocenters. The second-order valence-electron chi connectivity index (χ2n) is 12.7. The van der Waals surface area contributed by atoms with Gasteiger partial charge < -0.3 is 20.1 Å². The van der Waals surface area contributed by atoms with Crippen molar-refractivity contribution in [3.63, 3.8) is 0 Å². The van der Waals surface area contributed by atoms with Gasteiger partial charge in [0.15, 0.2) is 5.78 Å². The van der Waals surface area contributed by atoms with Crippen molar-refractivity contribution in [1.29, 1.82) is 0 Å². The fourth-order valence-corrected chi connectivity index (χ4v) is 5.03. The van der Waals surface area contributed by atoms with Gasteiger partial charge in [-0.25, -0.2) is 0 Å². The van der Waals surface area contributed by atoms with Crippen LogP contribution in [0.1, 0.15) is 92.2 Å². The van der Waals surface area contributed by atoms with Gasteiger partial charge in [0.05, 0.1) is 12.5 Å². The number of hydrogen-bond donors (Lipinski definition) is 2. The lowest BCUT2D eigenvalue weighted by Gasteiger charge is -2.46. The maximum Gasteiger partial charge on any atom is 0.323 e. The summed E-state index contributed by atoms with van der Waals surface area (Å²) >= 11 is 0. The first-order valence-corrected chi connectivity index (χ1v) is 15.7. The fraction of sp³-hybridized carbons (Fsp3) is 0.556. The highest BCUT2D eigenvalue weighted by Gasteiger charge is 2.48. The average molecular weight is 609 g/mol. The molecule has 8 nitrogen and oxygen atoms in total. The molecular formula is C36H52N2O6. The number of ether oxygens (including phenoxy) is 2. The smallest absolute Gasteiger partial charge is 0.323 e. The van der Waals surface area contributed by atoms with E-state index in [4.69, 9.17) is 9.47 Å². The van der Waals surface area contributed by atoms with E-state index in [9.17, 15) is 19.2 Å². The van der Waals surface area contributed by atoms with Crippen molar-refractivity contribution in [2.24, 2.45) is 11.3 Å². The highest BCUT2D eigenvalue weighted by Crippen LogP contribution is 2.37. The van der Waals surface area contributed by atoms with Crippen molar-refractivity contribution in [2.45, 2.75) is 118 Å². The van der Waals surface area contributed by atoms with Gasteiger partial charge in [-0.3, -0.25) is 19.2 Å². The van der Waals surface area contributed by atoms with E-state index in [1.165, 1.54) is 0 Å². The van der Waals surface area contributed by atoms with Gasteiger partial charge in [-0.15, -0.1) is 0 Å². The third kappa shape index (κ3) is 10.7. The molecule has 8 heteroatoms. The minimum atomic E-state index is -1.01. The molecule has 0 aliphatic carbocycles. The molecule has 0 bridgehead atoms. The third-order valence-electron chi connectivity index (χ3n) is 8.76. The Morgan fingerprint density at radius 3 is 1.75 bits per heavy atom. The molecule has 44 heavy (non-hydrogen) atoms. The lowest BCUT2D eigenvalue weighted by Crippen LogP contribution is -2.62. The number of hydrogen-bond acceptors (Lipinski definition) is 8. The molecule has 2 N–H and O–H groups in total. The van der Waals surface area contributed by atoms with Crippen molar-refractivity contribution in [1.82, 2.24) is 10.6 Å². The van der Waals surface area contributed by atoms with Gasteiger partial charge in [0.1, 0.15) is 25.0 Å². The van der Waals surface area contributed by atoms with E-state index < -0.39 is 35.0 Å². The third-order valence-corrected chi connectivity index (χ3v) is 8.76. The first-order valence-electron chi connectivity index (χ1n) is 15.7. The molecule has 0 fully saturated rings. The summed E-state index contributed by atoms with van der Waals surface area (Å²) in [4.78, 5) is 53.6. The van der Waals surface area contributed by atoms with E-state index in [-0.39, 0.29) is 49.6 Å². The van der Waals surface area contributed by atoms with Crippen molar-refractivity contribution in [3.05, 3.63) is 71.8 Å². The molecule has 242 valence electrons. The molecular weight excluding hydrogens is 556 g/mol. The van der Waals surface area contributed by atoms with Crippen LogP contribution in [0.3, 0.4) is 0 Å². The first-order chi connectivity index (χ1) is 20.7. The topological polar surface area (TPSA) is 111 Å². The fourth-order valence-electron chi connectivity index (χ4n) is 5.03. The summed E-state index contributed by atoms with van der Waals surface area (Å²) in [7, 11) is 0. The number of carbonyl (C=O) groups excluding carboxylic acids is 4. The van der Waals surface area contributed by atoms with Crippen LogP contribution in [0.15, 0.2) is 60.7 Å². The largest absolute Gasteiger partial charge is 0.461 e. The Labute approximate surface area is 263 Å². The summed E-state index contributed by atoms with van der Waals surface area (Å²) in [6.07, 6.45) is 0.878. The zero-order chi connectivity index (χ0) is 32.9. The number of benzene rings is 2. The van der Waals surface area contributed by atoms with Gasteiger partial charge >= 0.3 is 11.9 Å². The highest BCUT2D eigenvalue weighted by atomic mass is 16.5. The summed E-state index contributed by atoms with van der Waals surface area (Å²) in [6, 6.07) is 17.0. The van der Waals surface area contributed by atoms with Crippen LogP contribution in [-0.2, 0) is 41.9 Å². The van der Waals surface area contributed by atoms with E-state index in [1.807, 2.05) is 116 Å². The SMILES string of the molecule is CCC(C)C(=O)C(CC(=O)OCc1ccccc1)NC(C)(CC)C(C)(C)C(=O)CC(NC(C)C)C(=O)OCc1ccccc1. The van der Waals surface area contributed by atoms with Crippen LogP contribution in [0.4, 0.5) is 0 Å². The van der Waals surface area contributed by atoms with Crippen LogP contribution in [0, 0.1) is 11.3 Å². The molecule has 0 aliphatic heterocycles. The molecule has 2 aromatic carbocycles.